The molecule has 1 aliphatic rings. The highest BCUT2D eigenvalue weighted by Gasteiger charge is 2.28. The Kier molecular flexibility index (Phi) is 4.86. The van der Waals surface area contributed by atoms with Gasteiger partial charge < -0.3 is 9.45 Å². The Morgan fingerprint density at radius 3 is 2.15 bits per heavy atom. The smallest absolute Gasteiger partial charge is 0.280 e. The molecule has 1 aliphatic heterocycles. The van der Waals surface area contributed by atoms with Crippen molar-refractivity contribution < 1.29 is 17.8 Å². The van der Waals surface area contributed by atoms with E-state index in [1.807, 2.05) is 43.3 Å². The maximum Gasteiger partial charge on any atom is 0.280 e. The predicted molar refractivity (Wildman–Crippen MR) is 104 cm³/mol. The average Bonchev–Trinajstić information content (AvgIpc) is 2.90. The minimum Gasteiger partial charge on any atom is -0.744 e. The van der Waals surface area contributed by atoms with Crippen LogP contribution in [0.4, 0.5) is 11.4 Å². The van der Waals surface area contributed by atoms with Crippen molar-refractivity contribution in [2.75, 3.05) is 24.0 Å². The summed E-state index contributed by atoms with van der Waals surface area (Å²) in [4.78, 5) is 14.4. The first-order chi connectivity index (χ1) is 12.7. The Morgan fingerprint density at radius 1 is 1.04 bits per heavy atom. The molecule has 2 aromatic carbocycles. The van der Waals surface area contributed by atoms with Crippen LogP contribution in [-0.2, 0) is 14.9 Å². The van der Waals surface area contributed by atoms with Crippen molar-refractivity contribution in [3.8, 4) is 0 Å². The van der Waals surface area contributed by atoms with Crippen LogP contribution < -0.4 is 9.91 Å². The fraction of sp³-hybridized carbons (Fsp3) is 0.158. The van der Waals surface area contributed by atoms with Crippen LogP contribution in [0.25, 0.3) is 6.08 Å². The number of anilines is 2. The topological polar surface area (TPSA) is 93.1 Å². The number of hydrogen-bond acceptors (Lipinski definition) is 6. The number of rotatable bonds is 4. The van der Waals surface area contributed by atoms with Crippen LogP contribution in [0.1, 0.15) is 12.5 Å². The summed E-state index contributed by atoms with van der Waals surface area (Å²) in [6.07, 6.45) is 1.76. The van der Waals surface area contributed by atoms with Gasteiger partial charge in [0.2, 0.25) is 0 Å². The summed E-state index contributed by atoms with van der Waals surface area (Å²) in [6.45, 7) is 1.73. The Balaban J connectivity index is 1.87. The highest BCUT2D eigenvalue weighted by atomic mass is 32.2. The maximum atomic E-state index is 12.7. The molecule has 0 N–H and O–H groups in total. The van der Waals surface area contributed by atoms with Crippen molar-refractivity contribution in [3.63, 3.8) is 0 Å². The van der Waals surface area contributed by atoms with E-state index in [2.05, 4.69) is 5.10 Å². The van der Waals surface area contributed by atoms with Crippen LogP contribution in [0.5, 0.6) is 0 Å². The molecule has 0 aliphatic carbocycles. The molecule has 1 heterocycles. The van der Waals surface area contributed by atoms with E-state index in [0.717, 1.165) is 23.4 Å². The number of carbonyl (C=O) groups is 1. The van der Waals surface area contributed by atoms with E-state index in [-0.39, 0.29) is 10.8 Å². The lowest BCUT2D eigenvalue weighted by Crippen LogP contribution is -2.21. The van der Waals surface area contributed by atoms with Crippen molar-refractivity contribution >= 4 is 39.2 Å². The van der Waals surface area contributed by atoms with E-state index in [1.54, 1.807) is 13.0 Å². The highest BCUT2D eigenvalue weighted by Crippen LogP contribution is 2.26. The van der Waals surface area contributed by atoms with Gasteiger partial charge in [-0.3, -0.25) is 4.79 Å². The van der Waals surface area contributed by atoms with Crippen LogP contribution in [0, 0.1) is 0 Å². The summed E-state index contributed by atoms with van der Waals surface area (Å²) < 4.78 is 33.1. The molecule has 1 amide bonds. The standard InChI is InChI=1S/C19H19N3O4S/c1-13-18(12-14-4-6-15(7-5-14)21(2)3)19(23)22(20-13)16-8-10-17(11-9-16)27(24,25)26/h4-12H,1-3H3,(H,24,25,26)/p-1/b18-12-. The van der Waals surface area contributed by atoms with Crippen LogP contribution >= 0.6 is 0 Å². The molecule has 0 saturated heterocycles. The Labute approximate surface area is 158 Å². The second-order valence-corrected chi connectivity index (χ2v) is 7.67. The Hall–Kier alpha value is -2.97. The lowest BCUT2D eigenvalue weighted by molar-refractivity contribution is -0.114. The van der Waals surface area contributed by atoms with E-state index in [9.17, 15) is 17.8 Å². The summed E-state index contributed by atoms with van der Waals surface area (Å²) in [5.41, 5.74) is 3.31. The number of hydrazone groups is 1. The summed E-state index contributed by atoms with van der Waals surface area (Å²) in [7, 11) is -0.632. The number of nitrogens with zero attached hydrogens (tertiary/aromatic N) is 3. The van der Waals surface area contributed by atoms with Gasteiger partial charge in [-0.15, -0.1) is 0 Å². The zero-order chi connectivity index (χ0) is 19.8. The third-order valence-corrected chi connectivity index (χ3v) is 5.00. The quantitative estimate of drug-likeness (QED) is 0.596. The zero-order valence-corrected chi connectivity index (χ0v) is 15.9. The number of carbonyl (C=O) groups excluding carboxylic acids is 1. The summed E-state index contributed by atoms with van der Waals surface area (Å²) in [5.74, 6) is -0.318. The average molecular weight is 384 g/mol. The monoisotopic (exact) mass is 384 g/mol. The van der Waals surface area contributed by atoms with Crippen LogP contribution in [0.15, 0.2) is 64.1 Å². The molecule has 0 spiro atoms. The van der Waals surface area contributed by atoms with E-state index in [0.29, 0.717) is 17.0 Å². The molecule has 2 aromatic rings. The van der Waals surface area contributed by atoms with Crippen molar-refractivity contribution in [1.29, 1.82) is 0 Å². The second-order valence-electron chi connectivity index (χ2n) is 6.29. The fourth-order valence-electron chi connectivity index (χ4n) is 2.65. The molecule has 7 nitrogen and oxygen atoms in total. The molecule has 0 bridgehead atoms. The van der Waals surface area contributed by atoms with Gasteiger partial charge in [-0.2, -0.15) is 10.1 Å². The predicted octanol–water partition coefficient (Wildman–Crippen LogP) is 2.46. The molecule has 27 heavy (non-hydrogen) atoms. The van der Waals surface area contributed by atoms with E-state index in [4.69, 9.17) is 0 Å². The molecule has 0 unspecified atom stereocenters. The first-order valence-corrected chi connectivity index (χ1v) is 9.53. The Morgan fingerprint density at radius 2 is 1.63 bits per heavy atom. The maximum absolute atomic E-state index is 12.7. The Bertz CT molecular complexity index is 1040. The third-order valence-electron chi connectivity index (χ3n) is 4.15. The zero-order valence-electron chi connectivity index (χ0n) is 15.1. The molecular weight excluding hydrogens is 366 g/mol. The van der Waals surface area contributed by atoms with Crippen LogP contribution in [-0.4, -0.2) is 38.7 Å². The van der Waals surface area contributed by atoms with E-state index in [1.165, 1.54) is 17.1 Å². The molecule has 0 atom stereocenters. The lowest BCUT2D eigenvalue weighted by atomic mass is 10.1. The lowest BCUT2D eigenvalue weighted by Gasteiger charge is -2.13. The molecule has 0 radical (unpaired) electrons. The summed E-state index contributed by atoms with van der Waals surface area (Å²) in [5, 5.41) is 5.44. The molecule has 8 heteroatoms. The highest BCUT2D eigenvalue weighted by molar-refractivity contribution is 7.85. The molecule has 0 fully saturated rings. The van der Waals surface area contributed by atoms with Crippen molar-refractivity contribution in [2.45, 2.75) is 11.8 Å². The number of benzene rings is 2. The summed E-state index contributed by atoms with van der Waals surface area (Å²) in [6, 6.07) is 12.8. The first-order valence-electron chi connectivity index (χ1n) is 8.12. The largest absolute Gasteiger partial charge is 0.744 e. The summed E-state index contributed by atoms with van der Waals surface area (Å²) >= 11 is 0. The van der Waals surface area contributed by atoms with Gasteiger partial charge in [0.15, 0.2) is 0 Å². The number of hydrogen-bond donors (Lipinski definition) is 0. The van der Waals surface area contributed by atoms with Gasteiger partial charge in [-0.25, -0.2) is 8.42 Å². The normalized spacial score (nSPS) is 16.0. The van der Waals surface area contributed by atoms with Gasteiger partial charge in [0, 0.05) is 19.8 Å². The van der Waals surface area contributed by atoms with Crippen molar-refractivity contribution in [2.24, 2.45) is 5.10 Å². The minimum absolute atomic E-state index is 0.318. The SMILES string of the molecule is CC1=NN(c2ccc(S(=O)(=O)[O-])cc2)C(=O)/C1=C\c1ccc(N(C)C)cc1. The molecule has 140 valence electrons. The van der Waals surface area contributed by atoms with Gasteiger partial charge in [-0.1, -0.05) is 12.1 Å². The molecule has 3 rings (SSSR count). The van der Waals surface area contributed by atoms with Gasteiger partial charge in [0.1, 0.15) is 10.1 Å². The number of amides is 1. The van der Waals surface area contributed by atoms with Crippen LogP contribution in [0.3, 0.4) is 0 Å². The molecular formula is C19H18N3O4S-. The van der Waals surface area contributed by atoms with Crippen molar-refractivity contribution in [1.82, 2.24) is 0 Å². The molecule has 0 saturated carbocycles. The van der Waals surface area contributed by atoms with Gasteiger partial charge >= 0.3 is 0 Å². The van der Waals surface area contributed by atoms with Gasteiger partial charge in [0.05, 0.1) is 21.9 Å². The van der Waals surface area contributed by atoms with Crippen molar-refractivity contribution in [3.05, 3.63) is 59.7 Å². The van der Waals surface area contributed by atoms with Crippen LogP contribution in [0.2, 0.25) is 0 Å². The first kappa shape index (κ1) is 18.8. The second kappa shape index (κ2) is 6.98. The van der Waals surface area contributed by atoms with E-state index >= 15 is 0 Å². The third kappa shape index (κ3) is 3.91. The van der Waals surface area contributed by atoms with Gasteiger partial charge in [-0.05, 0) is 55.0 Å². The van der Waals surface area contributed by atoms with E-state index < -0.39 is 10.1 Å². The fourth-order valence-corrected chi connectivity index (χ4v) is 3.12. The molecule has 0 aromatic heterocycles. The van der Waals surface area contributed by atoms with Gasteiger partial charge in [0.25, 0.3) is 5.91 Å². The minimum atomic E-state index is -4.53.